The predicted molar refractivity (Wildman–Crippen MR) is 59.6 cm³/mol. The van der Waals surface area contributed by atoms with Crippen LogP contribution in [0.3, 0.4) is 0 Å². The van der Waals surface area contributed by atoms with Gasteiger partial charge in [0.2, 0.25) is 0 Å². The molecule has 0 saturated carbocycles. The van der Waals surface area contributed by atoms with Crippen molar-refractivity contribution in [3.63, 3.8) is 0 Å². The van der Waals surface area contributed by atoms with Gasteiger partial charge in [-0.1, -0.05) is 6.07 Å². The fourth-order valence-electron chi connectivity index (χ4n) is 1.62. The fourth-order valence-corrected chi connectivity index (χ4v) is 1.62. The molecule has 2 rings (SSSR count). The largest absolute Gasteiger partial charge is 0.380 e. The van der Waals surface area contributed by atoms with Gasteiger partial charge in [0.05, 0.1) is 11.6 Å². The first-order valence-electron chi connectivity index (χ1n) is 5.10. The van der Waals surface area contributed by atoms with Crippen molar-refractivity contribution in [3.8, 4) is 0 Å². The molecule has 0 radical (unpaired) electrons. The van der Waals surface area contributed by atoms with Crippen molar-refractivity contribution in [2.45, 2.75) is 12.5 Å². The lowest BCUT2D eigenvalue weighted by atomic mass is 10.2. The number of nitrogens with zero attached hydrogens (tertiary/aromatic N) is 1. The minimum atomic E-state index is -0.318. The second-order valence-corrected chi connectivity index (χ2v) is 3.62. The summed E-state index contributed by atoms with van der Waals surface area (Å²) in [6.45, 7) is 0.413. The first-order chi connectivity index (χ1) is 7.74. The second-order valence-electron chi connectivity index (χ2n) is 3.62. The Morgan fingerprint density at radius 3 is 3.00 bits per heavy atom. The van der Waals surface area contributed by atoms with E-state index in [1.54, 1.807) is 19.2 Å². The van der Waals surface area contributed by atoms with E-state index >= 15 is 0 Å². The smallest absolute Gasteiger partial charge is 0.151 e. The molecule has 0 spiro atoms. The van der Waals surface area contributed by atoms with E-state index < -0.39 is 0 Å². The molecule has 1 aromatic heterocycles. The monoisotopic (exact) mass is 223 g/mol. The SMILES string of the molecule is COC(CN)Cc1nc2c(F)cccc2[nH]1. The Kier molecular flexibility index (Phi) is 3.17. The van der Waals surface area contributed by atoms with Crippen LogP contribution < -0.4 is 5.73 Å². The second kappa shape index (κ2) is 4.59. The molecule has 1 aromatic carbocycles. The van der Waals surface area contributed by atoms with Gasteiger partial charge < -0.3 is 15.5 Å². The zero-order valence-electron chi connectivity index (χ0n) is 9.03. The van der Waals surface area contributed by atoms with Crippen LogP contribution in [0.1, 0.15) is 5.82 Å². The Balaban J connectivity index is 2.29. The van der Waals surface area contributed by atoms with Gasteiger partial charge in [0.25, 0.3) is 0 Å². The highest BCUT2D eigenvalue weighted by Gasteiger charge is 2.11. The van der Waals surface area contributed by atoms with Crippen molar-refractivity contribution in [2.75, 3.05) is 13.7 Å². The number of H-pyrrole nitrogens is 1. The lowest BCUT2D eigenvalue weighted by molar-refractivity contribution is 0.108. The van der Waals surface area contributed by atoms with Crippen LogP contribution in [0.4, 0.5) is 4.39 Å². The molecule has 3 N–H and O–H groups in total. The number of halogens is 1. The third kappa shape index (κ3) is 2.05. The number of imidazole rings is 1. The Labute approximate surface area is 92.6 Å². The van der Waals surface area contributed by atoms with E-state index in [4.69, 9.17) is 10.5 Å². The molecule has 0 aliphatic rings. The molecule has 0 bridgehead atoms. The summed E-state index contributed by atoms with van der Waals surface area (Å²) in [4.78, 5) is 7.23. The summed E-state index contributed by atoms with van der Waals surface area (Å²) >= 11 is 0. The highest BCUT2D eigenvalue weighted by Crippen LogP contribution is 2.15. The number of benzene rings is 1. The lowest BCUT2D eigenvalue weighted by Gasteiger charge is -2.09. The summed E-state index contributed by atoms with van der Waals surface area (Å²) in [5.41, 5.74) is 6.58. The number of aromatic amines is 1. The Hall–Kier alpha value is -1.46. The van der Waals surface area contributed by atoms with Crippen molar-refractivity contribution in [2.24, 2.45) is 5.73 Å². The number of nitrogens with two attached hydrogens (primary N) is 1. The van der Waals surface area contributed by atoms with Crippen LogP contribution in [-0.4, -0.2) is 29.7 Å². The normalized spacial score (nSPS) is 13.2. The summed E-state index contributed by atoms with van der Waals surface area (Å²) in [5, 5.41) is 0. The molecule has 2 aromatic rings. The topological polar surface area (TPSA) is 63.9 Å². The van der Waals surface area contributed by atoms with E-state index in [1.165, 1.54) is 6.07 Å². The number of hydrogen-bond acceptors (Lipinski definition) is 3. The Bertz CT molecular complexity index is 479. The van der Waals surface area contributed by atoms with E-state index in [-0.39, 0.29) is 11.9 Å². The molecule has 5 heteroatoms. The minimum absolute atomic E-state index is 0.0939. The van der Waals surface area contributed by atoms with E-state index in [0.29, 0.717) is 29.8 Å². The average molecular weight is 223 g/mol. The van der Waals surface area contributed by atoms with Crippen LogP contribution in [0.15, 0.2) is 18.2 Å². The predicted octanol–water partition coefficient (Wildman–Crippen LogP) is 1.22. The number of aromatic nitrogens is 2. The van der Waals surface area contributed by atoms with Gasteiger partial charge in [-0.2, -0.15) is 0 Å². The molecule has 0 fully saturated rings. The van der Waals surface area contributed by atoms with Crippen LogP contribution in [0.25, 0.3) is 11.0 Å². The van der Waals surface area contributed by atoms with Crippen molar-refractivity contribution in [3.05, 3.63) is 29.8 Å². The number of para-hydroxylation sites is 1. The molecule has 0 saturated heterocycles. The zero-order chi connectivity index (χ0) is 11.5. The van der Waals surface area contributed by atoms with Gasteiger partial charge in [0, 0.05) is 20.1 Å². The summed E-state index contributed by atoms with van der Waals surface area (Å²) in [7, 11) is 1.60. The first kappa shape index (κ1) is 11.0. The quantitative estimate of drug-likeness (QED) is 0.819. The lowest BCUT2D eigenvalue weighted by Crippen LogP contribution is -2.25. The van der Waals surface area contributed by atoms with Crippen LogP contribution in [0.5, 0.6) is 0 Å². The van der Waals surface area contributed by atoms with Crippen molar-refractivity contribution in [1.29, 1.82) is 0 Å². The molecule has 16 heavy (non-hydrogen) atoms. The summed E-state index contributed by atoms with van der Waals surface area (Å²) in [6.07, 6.45) is 0.463. The summed E-state index contributed by atoms with van der Waals surface area (Å²) < 4.78 is 18.5. The maximum absolute atomic E-state index is 13.4. The molecular weight excluding hydrogens is 209 g/mol. The van der Waals surface area contributed by atoms with E-state index in [1.807, 2.05) is 0 Å². The molecule has 86 valence electrons. The molecule has 4 nitrogen and oxygen atoms in total. The number of rotatable bonds is 4. The van der Waals surface area contributed by atoms with E-state index in [9.17, 15) is 4.39 Å². The molecule has 1 heterocycles. The third-order valence-corrected chi connectivity index (χ3v) is 2.53. The van der Waals surface area contributed by atoms with Crippen LogP contribution in [0.2, 0.25) is 0 Å². The number of fused-ring (bicyclic) bond motifs is 1. The highest BCUT2D eigenvalue weighted by atomic mass is 19.1. The Morgan fingerprint density at radius 1 is 1.56 bits per heavy atom. The average Bonchev–Trinajstić information content (AvgIpc) is 2.70. The van der Waals surface area contributed by atoms with E-state index in [2.05, 4.69) is 9.97 Å². The maximum Gasteiger partial charge on any atom is 0.151 e. The summed E-state index contributed by atoms with van der Waals surface area (Å²) in [6, 6.07) is 4.83. The minimum Gasteiger partial charge on any atom is -0.380 e. The standard InChI is InChI=1S/C11H14FN3O/c1-16-7(6-13)5-10-14-9-4-2-3-8(12)11(9)15-10/h2-4,7H,5-6,13H2,1H3,(H,14,15). The molecule has 0 aliphatic heterocycles. The van der Waals surface area contributed by atoms with Gasteiger partial charge in [-0.15, -0.1) is 0 Å². The third-order valence-electron chi connectivity index (χ3n) is 2.53. The zero-order valence-corrected chi connectivity index (χ0v) is 9.03. The van der Waals surface area contributed by atoms with Gasteiger partial charge in [-0.3, -0.25) is 0 Å². The van der Waals surface area contributed by atoms with E-state index in [0.717, 1.165) is 0 Å². The number of hydrogen-bond donors (Lipinski definition) is 2. The Morgan fingerprint density at radius 2 is 2.38 bits per heavy atom. The number of methoxy groups -OCH3 is 1. The molecule has 1 unspecified atom stereocenters. The molecule has 0 aliphatic carbocycles. The first-order valence-corrected chi connectivity index (χ1v) is 5.10. The van der Waals surface area contributed by atoms with Crippen LogP contribution >= 0.6 is 0 Å². The van der Waals surface area contributed by atoms with Crippen molar-refractivity contribution < 1.29 is 9.13 Å². The van der Waals surface area contributed by atoms with Crippen LogP contribution in [-0.2, 0) is 11.2 Å². The highest BCUT2D eigenvalue weighted by molar-refractivity contribution is 5.75. The maximum atomic E-state index is 13.4. The van der Waals surface area contributed by atoms with Gasteiger partial charge in [-0.05, 0) is 12.1 Å². The number of ether oxygens (including phenoxy) is 1. The van der Waals surface area contributed by atoms with Crippen molar-refractivity contribution in [1.82, 2.24) is 9.97 Å². The number of nitrogens with one attached hydrogen (secondary N) is 1. The van der Waals surface area contributed by atoms with Gasteiger partial charge in [0.15, 0.2) is 5.82 Å². The molecule has 0 amide bonds. The van der Waals surface area contributed by atoms with Gasteiger partial charge in [-0.25, -0.2) is 9.37 Å². The fraction of sp³-hybridized carbons (Fsp3) is 0.364. The summed E-state index contributed by atoms with van der Waals surface area (Å²) in [5.74, 6) is 0.374. The molecular formula is C11H14FN3O. The van der Waals surface area contributed by atoms with Gasteiger partial charge >= 0.3 is 0 Å². The molecule has 1 atom stereocenters. The van der Waals surface area contributed by atoms with Crippen molar-refractivity contribution >= 4 is 11.0 Å². The van der Waals surface area contributed by atoms with Gasteiger partial charge in [0.1, 0.15) is 11.3 Å². The van der Waals surface area contributed by atoms with Crippen LogP contribution in [0, 0.1) is 5.82 Å².